The van der Waals surface area contributed by atoms with Crippen LogP contribution in [0.25, 0.3) is 11.1 Å². The number of nitrogens with one attached hydrogen (secondary N) is 2. The van der Waals surface area contributed by atoms with Gasteiger partial charge in [-0.1, -0.05) is 77.8 Å². The highest BCUT2D eigenvalue weighted by Gasteiger charge is 2.30. The zero-order valence-corrected chi connectivity index (χ0v) is 20.0. The molecule has 7 nitrogen and oxygen atoms in total. The molecule has 3 N–H and O–H groups in total. The van der Waals surface area contributed by atoms with Crippen LogP contribution in [0.15, 0.2) is 66.7 Å². The molecule has 9 heteroatoms. The molecule has 1 aliphatic carbocycles. The Bertz CT molecular complexity index is 1210. The van der Waals surface area contributed by atoms with E-state index >= 15 is 0 Å². The van der Waals surface area contributed by atoms with E-state index in [2.05, 4.69) is 10.6 Å². The van der Waals surface area contributed by atoms with Crippen LogP contribution in [-0.4, -0.2) is 35.7 Å². The molecular formula is C26H22Cl2N2O5. The lowest BCUT2D eigenvalue weighted by Gasteiger charge is -2.19. The van der Waals surface area contributed by atoms with Crippen LogP contribution >= 0.6 is 23.2 Å². The highest BCUT2D eigenvalue weighted by Crippen LogP contribution is 2.44. The lowest BCUT2D eigenvalue weighted by atomic mass is 9.98. The van der Waals surface area contributed by atoms with E-state index in [4.69, 9.17) is 27.9 Å². The molecule has 0 radical (unpaired) electrons. The number of amides is 2. The molecule has 3 aromatic carbocycles. The number of alkyl carbamates (subject to hydrolysis) is 1. The number of hydrogen-bond acceptors (Lipinski definition) is 4. The van der Waals surface area contributed by atoms with Gasteiger partial charge in [-0.2, -0.15) is 0 Å². The van der Waals surface area contributed by atoms with Gasteiger partial charge < -0.3 is 20.5 Å². The summed E-state index contributed by atoms with van der Waals surface area (Å²) in [7, 11) is 0. The van der Waals surface area contributed by atoms with Gasteiger partial charge in [0.05, 0.1) is 6.42 Å². The number of carboxylic acids is 1. The first-order valence-electron chi connectivity index (χ1n) is 10.9. The van der Waals surface area contributed by atoms with Crippen LogP contribution in [0.1, 0.15) is 29.0 Å². The van der Waals surface area contributed by atoms with Crippen molar-refractivity contribution in [3.05, 3.63) is 93.5 Å². The number of fused-ring (bicyclic) bond motifs is 3. The molecule has 0 fully saturated rings. The summed E-state index contributed by atoms with van der Waals surface area (Å²) in [5.41, 5.74) is 4.73. The van der Waals surface area contributed by atoms with Gasteiger partial charge in [0.25, 0.3) is 0 Å². The highest BCUT2D eigenvalue weighted by atomic mass is 35.5. The van der Waals surface area contributed by atoms with Crippen molar-refractivity contribution in [2.24, 2.45) is 0 Å². The summed E-state index contributed by atoms with van der Waals surface area (Å²) in [5, 5.41) is 14.9. The predicted molar refractivity (Wildman–Crippen MR) is 133 cm³/mol. The maximum atomic E-state index is 12.7. The number of carbonyl (C=O) groups is 3. The molecule has 0 saturated heterocycles. The van der Waals surface area contributed by atoms with Crippen molar-refractivity contribution >= 4 is 41.2 Å². The van der Waals surface area contributed by atoms with Crippen LogP contribution in [-0.2, 0) is 20.9 Å². The Morgan fingerprint density at radius 1 is 0.886 bits per heavy atom. The van der Waals surface area contributed by atoms with Gasteiger partial charge >= 0.3 is 12.1 Å². The fourth-order valence-electron chi connectivity index (χ4n) is 4.17. The molecule has 0 saturated carbocycles. The lowest BCUT2D eigenvalue weighted by Crippen LogP contribution is -2.48. The molecule has 180 valence electrons. The number of carbonyl (C=O) groups excluding carboxylic acids is 2. The minimum Gasteiger partial charge on any atom is -0.481 e. The van der Waals surface area contributed by atoms with Crippen molar-refractivity contribution in [3.63, 3.8) is 0 Å². The highest BCUT2D eigenvalue weighted by molar-refractivity contribution is 6.36. The fourth-order valence-corrected chi connectivity index (χ4v) is 4.70. The Hall–Kier alpha value is -3.55. The maximum absolute atomic E-state index is 12.7. The number of benzene rings is 3. The first-order valence-corrected chi connectivity index (χ1v) is 11.6. The number of aliphatic carboxylic acids is 1. The van der Waals surface area contributed by atoms with Gasteiger partial charge in [0.2, 0.25) is 5.91 Å². The zero-order valence-electron chi connectivity index (χ0n) is 18.5. The minimum atomic E-state index is -1.34. The summed E-state index contributed by atoms with van der Waals surface area (Å²) in [5.74, 6) is -2.11. The van der Waals surface area contributed by atoms with E-state index in [9.17, 15) is 19.5 Å². The predicted octanol–water partition coefficient (Wildman–Crippen LogP) is 4.99. The quantitative estimate of drug-likeness (QED) is 0.394. The standard InChI is InChI=1S/C26H22Cl2N2O5/c27-21-10-5-11-22(28)19(21)13-29-25(33)23(12-24(31)32)30-26(34)35-14-20-17-8-3-1-6-15(17)16-7-2-4-9-18(16)20/h1-11,20,23H,12-14H2,(H,29,33)(H,30,34)(H,31,32). The Morgan fingerprint density at radius 3 is 2.03 bits per heavy atom. The van der Waals surface area contributed by atoms with Gasteiger partial charge in [-0.05, 0) is 34.4 Å². The van der Waals surface area contributed by atoms with Crippen molar-refractivity contribution in [2.75, 3.05) is 6.61 Å². The molecule has 2 amide bonds. The summed E-state index contributed by atoms with van der Waals surface area (Å²) in [4.78, 5) is 36.5. The summed E-state index contributed by atoms with van der Waals surface area (Å²) in [6, 6.07) is 19.4. The van der Waals surface area contributed by atoms with Gasteiger partial charge in [-0.15, -0.1) is 0 Å². The van der Waals surface area contributed by atoms with Gasteiger partial charge in [0.1, 0.15) is 12.6 Å². The number of halogens is 2. The molecule has 0 heterocycles. The van der Waals surface area contributed by atoms with Crippen LogP contribution in [0, 0.1) is 0 Å². The molecule has 1 aliphatic rings. The van der Waals surface area contributed by atoms with Gasteiger partial charge in [0.15, 0.2) is 0 Å². The number of carboxylic acid groups (broad SMARTS) is 1. The Labute approximate surface area is 212 Å². The minimum absolute atomic E-state index is 0.0279. The third-order valence-corrected chi connectivity index (χ3v) is 6.54. The van der Waals surface area contributed by atoms with Crippen LogP contribution in [0.5, 0.6) is 0 Å². The second-order valence-electron chi connectivity index (χ2n) is 8.04. The van der Waals surface area contributed by atoms with E-state index in [1.165, 1.54) is 0 Å². The van der Waals surface area contributed by atoms with Crippen molar-refractivity contribution in [1.82, 2.24) is 10.6 Å². The smallest absolute Gasteiger partial charge is 0.407 e. The van der Waals surface area contributed by atoms with E-state index in [-0.39, 0.29) is 19.1 Å². The van der Waals surface area contributed by atoms with Crippen LogP contribution in [0.2, 0.25) is 10.0 Å². The first-order chi connectivity index (χ1) is 16.8. The average Bonchev–Trinajstić information content (AvgIpc) is 3.15. The Kier molecular flexibility index (Phi) is 7.58. The second-order valence-corrected chi connectivity index (χ2v) is 8.85. The molecule has 3 aromatic rings. The van der Waals surface area contributed by atoms with Crippen molar-refractivity contribution < 1.29 is 24.2 Å². The molecule has 0 aromatic heterocycles. The van der Waals surface area contributed by atoms with Crippen LogP contribution < -0.4 is 10.6 Å². The number of hydrogen-bond donors (Lipinski definition) is 3. The SMILES string of the molecule is O=C(O)CC(NC(=O)OCC1c2ccccc2-c2ccccc21)C(=O)NCc1c(Cl)cccc1Cl. The summed E-state index contributed by atoms with van der Waals surface area (Å²) in [6.45, 7) is 0.0102. The van der Waals surface area contributed by atoms with E-state index in [0.29, 0.717) is 15.6 Å². The molecule has 0 bridgehead atoms. The fraction of sp³-hybridized carbons (Fsp3) is 0.192. The second kappa shape index (κ2) is 10.8. The van der Waals surface area contributed by atoms with E-state index in [1.807, 2.05) is 48.5 Å². The van der Waals surface area contributed by atoms with Crippen LogP contribution in [0.3, 0.4) is 0 Å². The monoisotopic (exact) mass is 512 g/mol. The van der Waals surface area contributed by atoms with Gasteiger partial charge in [-0.3, -0.25) is 9.59 Å². The van der Waals surface area contributed by atoms with Crippen molar-refractivity contribution in [3.8, 4) is 11.1 Å². The topological polar surface area (TPSA) is 105 Å². The molecule has 1 atom stereocenters. The van der Waals surface area contributed by atoms with Crippen molar-refractivity contribution in [2.45, 2.75) is 24.9 Å². The molecule has 0 aliphatic heterocycles. The lowest BCUT2D eigenvalue weighted by molar-refractivity contribution is -0.139. The maximum Gasteiger partial charge on any atom is 0.407 e. The summed E-state index contributed by atoms with van der Waals surface area (Å²) in [6.07, 6.45) is -1.50. The number of rotatable bonds is 8. The normalized spacial score (nSPS) is 12.9. The molecule has 0 spiro atoms. The largest absolute Gasteiger partial charge is 0.481 e. The Balaban J connectivity index is 1.40. The summed E-state index contributed by atoms with van der Waals surface area (Å²) < 4.78 is 5.44. The van der Waals surface area contributed by atoms with Gasteiger partial charge in [-0.25, -0.2) is 4.79 Å². The number of ether oxygens (including phenoxy) is 1. The van der Waals surface area contributed by atoms with E-state index in [1.54, 1.807) is 18.2 Å². The molecular weight excluding hydrogens is 491 g/mol. The molecule has 4 rings (SSSR count). The van der Waals surface area contributed by atoms with E-state index in [0.717, 1.165) is 22.3 Å². The molecule has 35 heavy (non-hydrogen) atoms. The van der Waals surface area contributed by atoms with Gasteiger partial charge in [0, 0.05) is 28.1 Å². The van der Waals surface area contributed by atoms with Crippen molar-refractivity contribution in [1.29, 1.82) is 0 Å². The average molecular weight is 513 g/mol. The molecule has 1 unspecified atom stereocenters. The third kappa shape index (κ3) is 5.58. The third-order valence-electron chi connectivity index (χ3n) is 5.83. The van der Waals surface area contributed by atoms with E-state index < -0.39 is 30.4 Å². The summed E-state index contributed by atoms with van der Waals surface area (Å²) >= 11 is 12.2. The zero-order chi connectivity index (χ0) is 24.9. The Morgan fingerprint density at radius 2 is 1.46 bits per heavy atom. The van der Waals surface area contributed by atoms with Crippen LogP contribution in [0.4, 0.5) is 4.79 Å². The first kappa shape index (κ1) is 24.6.